The summed E-state index contributed by atoms with van der Waals surface area (Å²) in [4.78, 5) is 30.9. The fraction of sp³-hybridized carbons (Fsp3) is 0.357. The first-order valence-electron chi connectivity index (χ1n) is 6.61. The van der Waals surface area contributed by atoms with E-state index in [0.29, 0.717) is 12.1 Å². The minimum absolute atomic E-state index is 0.0328. The number of hydrogen-bond donors (Lipinski definition) is 4. The summed E-state index contributed by atoms with van der Waals surface area (Å²) in [5.41, 5.74) is 6.87. The Labute approximate surface area is 135 Å². The monoisotopic (exact) mass is 350 g/mol. The summed E-state index contributed by atoms with van der Waals surface area (Å²) in [7, 11) is 0. The van der Waals surface area contributed by atoms with Crippen molar-refractivity contribution in [1.29, 1.82) is 0 Å². The van der Waals surface area contributed by atoms with E-state index in [-0.39, 0.29) is 12.3 Å². The standard InChI is InChI=1S/C12H16N2O3.C2HF3O2/c1-8(13)12(17)14-10-5-3-2-4-9(10)6-7-11(15)16;3-2(4,5)1(6)7/h2-5,8H,6-7,13H2,1H3,(H,14,17)(H,15,16);(H,6,7)/t8-;/m0./s1. The highest BCUT2D eigenvalue weighted by Crippen LogP contribution is 2.17. The first-order chi connectivity index (χ1) is 10.9. The Morgan fingerprint density at radius 2 is 1.71 bits per heavy atom. The summed E-state index contributed by atoms with van der Waals surface area (Å²) in [6, 6.07) is 6.51. The number of carboxylic acid groups (broad SMARTS) is 2. The zero-order chi connectivity index (χ0) is 18.9. The van der Waals surface area contributed by atoms with Crippen LogP contribution >= 0.6 is 0 Å². The normalized spacial score (nSPS) is 11.7. The molecule has 0 aliphatic heterocycles. The lowest BCUT2D eigenvalue weighted by Crippen LogP contribution is -2.32. The van der Waals surface area contributed by atoms with E-state index >= 15 is 0 Å². The summed E-state index contributed by atoms with van der Waals surface area (Å²) < 4.78 is 31.7. The van der Waals surface area contributed by atoms with Crippen LogP contribution in [0, 0.1) is 0 Å². The molecule has 0 aliphatic carbocycles. The average molecular weight is 350 g/mol. The minimum Gasteiger partial charge on any atom is -0.481 e. The lowest BCUT2D eigenvalue weighted by atomic mass is 10.1. The maximum atomic E-state index is 11.5. The second-order valence-electron chi connectivity index (χ2n) is 4.63. The number of para-hydroxylation sites is 1. The molecule has 0 fully saturated rings. The van der Waals surface area contributed by atoms with E-state index in [1.54, 1.807) is 31.2 Å². The zero-order valence-corrected chi connectivity index (χ0v) is 12.6. The summed E-state index contributed by atoms with van der Waals surface area (Å²) in [5.74, 6) is -3.90. The quantitative estimate of drug-likeness (QED) is 0.638. The average Bonchev–Trinajstić information content (AvgIpc) is 2.45. The molecule has 1 aromatic carbocycles. The van der Waals surface area contributed by atoms with Crippen LogP contribution in [-0.2, 0) is 20.8 Å². The first kappa shape index (κ1) is 21.4. The molecule has 0 aromatic heterocycles. The number of alkyl halides is 3. The van der Waals surface area contributed by atoms with Crippen molar-refractivity contribution in [2.75, 3.05) is 5.32 Å². The summed E-state index contributed by atoms with van der Waals surface area (Å²) in [5, 5.41) is 18.4. The predicted molar refractivity (Wildman–Crippen MR) is 78.4 cm³/mol. The molecule has 0 saturated carbocycles. The van der Waals surface area contributed by atoms with Gasteiger partial charge in [-0.15, -0.1) is 0 Å². The Hall–Kier alpha value is -2.62. The second kappa shape index (κ2) is 9.50. The van der Waals surface area contributed by atoms with Gasteiger partial charge in [0.25, 0.3) is 0 Å². The number of carboxylic acids is 2. The molecular weight excluding hydrogens is 333 g/mol. The van der Waals surface area contributed by atoms with E-state index < -0.39 is 24.2 Å². The van der Waals surface area contributed by atoms with Gasteiger partial charge in [-0.3, -0.25) is 9.59 Å². The molecule has 0 saturated heterocycles. The van der Waals surface area contributed by atoms with Gasteiger partial charge in [-0.25, -0.2) is 4.79 Å². The Kier molecular flexibility index (Phi) is 8.47. The van der Waals surface area contributed by atoms with Gasteiger partial charge in [-0.2, -0.15) is 13.2 Å². The molecule has 10 heteroatoms. The van der Waals surface area contributed by atoms with Crippen LogP contribution in [0.3, 0.4) is 0 Å². The molecular formula is C14H17F3N2O5. The molecule has 5 N–H and O–H groups in total. The van der Waals surface area contributed by atoms with Crippen molar-refractivity contribution >= 4 is 23.5 Å². The van der Waals surface area contributed by atoms with Crippen molar-refractivity contribution in [2.24, 2.45) is 5.73 Å². The van der Waals surface area contributed by atoms with Gasteiger partial charge in [-0.05, 0) is 25.0 Å². The third-order valence-electron chi connectivity index (χ3n) is 2.54. The maximum Gasteiger partial charge on any atom is 0.490 e. The van der Waals surface area contributed by atoms with E-state index in [2.05, 4.69) is 5.32 Å². The fourth-order valence-corrected chi connectivity index (χ4v) is 1.35. The Morgan fingerprint density at radius 3 is 2.12 bits per heavy atom. The summed E-state index contributed by atoms with van der Waals surface area (Å²) >= 11 is 0. The Bertz CT molecular complexity index is 588. The van der Waals surface area contributed by atoms with Crippen LogP contribution in [-0.4, -0.2) is 40.3 Å². The zero-order valence-electron chi connectivity index (χ0n) is 12.6. The number of anilines is 1. The maximum absolute atomic E-state index is 11.5. The van der Waals surface area contributed by atoms with Crippen molar-refractivity contribution in [1.82, 2.24) is 0 Å². The van der Waals surface area contributed by atoms with Crippen molar-refractivity contribution in [3.63, 3.8) is 0 Å². The van der Waals surface area contributed by atoms with E-state index in [0.717, 1.165) is 5.56 Å². The SMILES string of the molecule is C[C@H](N)C(=O)Nc1ccccc1CCC(=O)O.O=C(O)C(F)(F)F. The molecule has 0 heterocycles. The second-order valence-corrected chi connectivity index (χ2v) is 4.63. The number of benzene rings is 1. The van der Waals surface area contributed by atoms with E-state index in [1.165, 1.54) is 0 Å². The van der Waals surface area contributed by atoms with Crippen molar-refractivity contribution in [3.8, 4) is 0 Å². The topological polar surface area (TPSA) is 130 Å². The Morgan fingerprint density at radius 1 is 1.21 bits per heavy atom. The van der Waals surface area contributed by atoms with Crippen molar-refractivity contribution < 1.29 is 37.8 Å². The number of aryl methyl sites for hydroxylation is 1. The van der Waals surface area contributed by atoms with Crippen LogP contribution in [0.4, 0.5) is 18.9 Å². The number of nitrogens with one attached hydrogen (secondary N) is 1. The van der Waals surface area contributed by atoms with Crippen LogP contribution in [0.1, 0.15) is 18.9 Å². The lowest BCUT2D eigenvalue weighted by Gasteiger charge is -2.11. The first-order valence-corrected chi connectivity index (χ1v) is 6.61. The highest BCUT2D eigenvalue weighted by Gasteiger charge is 2.38. The van der Waals surface area contributed by atoms with Gasteiger partial charge in [0.15, 0.2) is 0 Å². The lowest BCUT2D eigenvalue weighted by molar-refractivity contribution is -0.192. The largest absolute Gasteiger partial charge is 0.490 e. The number of hydrogen-bond acceptors (Lipinski definition) is 4. The van der Waals surface area contributed by atoms with E-state index in [9.17, 15) is 22.8 Å². The molecule has 1 aromatic rings. The third-order valence-corrected chi connectivity index (χ3v) is 2.54. The van der Waals surface area contributed by atoms with Crippen LogP contribution in [0.15, 0.2) is 24.3 Å². The molecule has 0 spiro atoms. The van der Waals surface area contributed by atoms with Gasteiger partial charge < -0.3 is 21.3 Å². The van der Waals surface area contributed by atoms with Crippen molar-refractivity contribution in [3.05, 3.63) is 29.8 Å². The van der Waals surface area contributed by atoms with Gasteiger partial charge in [-0.1, -0.05) is 18.2 Å². The number of nitrogens with two attached hydrogens (primary N) is 1. The molecule has 0 radical (unpaired) electrons. The molecule has 0 aliphatic rings. The van der Waals surface area contributed by atoms with Crippen molar-refractivity contribution in [2.45, 2.75) is 32.0 Å². The Balaban J connectivity index is 0.000000640. The van der Waals surface area contributed by atoms with Crippen LogP contribution < -0.4 is 11.1 Å². The van der Waals surface area contributed by atoms with Gasteiger partial charge in [0.2, 0.25) is 5.91 Å². The molecule has 24 heavy (non-hydrogen) atoms. The van der Waals surface area contributed by atoms with Gasteiger partial charge in [0.1, 0.15) is 0 Å². The smallest absolute Gasteiger partial charge is 0.481 e. The molecule has 1 amide bonds. The number of halogens is 3. The number of rotatable bonds is 5. The highest BCUT2D eigenvalue weighted by molar-refractivity contribution is 5.95. The van der Waals surface area contributed by atoms with Gasteiger partial charge in [0.05, 0.1) is 6.04 Å². The molecule has 0 bridgehead atoms. The number of amides is 1. The molecule has 7 nitrogen and oxygen atoms in total. The third kappa shape index (κ3) is 8.73. The van der Waals surface area contributed by atoms with Gasteiger partial charge in [0, 0.05) is 12.1 Å². The summed E-state index contributed by atoms with van der Waals surface area (Å²) in [6.07, 6.45) is -4.67. The van der Waals surface area contributed by atoms with Gasteiger partial charge >= 0.3 is 18.1 Å². The molecule has 1 rings (SSSR count). The number of aliphatic carboxylic acids is 2. The summed E-state index contributed by atoms with van der Waals surface area (Å²) in [6.45, 7) is 1.59. The highest BCUT2D eigenvalue weighted by atomic mass is 19.4. The molecule has 134 valence electrons. The van der Waals surface area contributed by atoms with E-state index in [1.807, 2.05) is 0 Å². The molecule has 0 unspecified atom stereocenters. The predicted octanol–water partition coefficient (Wildman–Crippen LogP) is 1.62. The number of carbonyl (C=O) groups is 3. The fourth-order valence-electron chi connectivity index (χ4n) is 1.35. The molecule has 1 atom stereocenters. The van der Waals surface area contributed by atoms with E-state index in [4.69, 9.17) is 20.7 Å². The van der Waals surface area contributed by atoms with Crippen LogP contribution in [0.2, 0.25) is 0 Å². The number of carbonyl (C=O) groups excluding carboxylic acids is 1. The van der Waals surface area contributed by atoms with Crippen LogP contribution in [0.5, 0.6) is 0 Å². The minimum atomic E-state index is -5.08. The van der Waals surface area contributed by atoms with Crippen LogP contribution in [0.25, 0.3) is 0 Å².